The zero-order chi connectivity index (χ0) is 19.7. The highest BCUT2D eigenvalue weighted by Gasteiger charge is 2.55. The molecule has 2 aliphatic rings. The largest absolute Gasteiger partial charge is 0.495 e. The number of hydrogen-bond donors (Lipinski definition) is 1. The molecule has 2 unspecified atom stereocenters. The summed E-state index contributed by atoms with van der Waals surface area (Å²) in [6, 6.07) is 13.8. The fraction of sp³-hybridized carbons (Fsp3) is 0.211. The molecule has 9 nitrogen and oxygen atoms in total. The lowest BCUT2D eigenvalue weighted by molar-refractivity contribution is -0.123. The molecule has 2 atom stereocenters. The number of anilines is 2. The molecule has 2 heterocycles. The zero-order valence-electron chi connectivity index (χ0n) is 15.0. The van der Waals surface area contributed by atoms with Crippen molar-refractivity contribution in [3.8, 4) is 5.75 Å². The molecule has 0 aliphatic carbocycles. The first kappa shape index (κ1) is 17.7. The normalized spacial score (nSPS) is 20.5. The smallest absolute Gasteiger partial charge is 0.263 e. The Hall–Kier alpha value is -3.75. The Morgan fingerprint density at radius 3 is 2.54 bits per heavy atom. The molecule has 9 heteroatoms. The summed E-state index contributed by atoms with van der Waals surface area (Å²) in [5, 5.41) is 11.8. The van der Waals surface area contributed by atoms with Crippen molar-refractivity contribution in [1.29, 1.82) is 0 Å². The second-order valence-electron chi connectivity index (χ2n) is 6.29. The Balaban J connectivity index is 1.52. The van der Waals surface area contributed by atoms with Gasteiger partial charge in [0.2, 0.25) is 5.91 Å². The summed E-state index contributed by atoms with van der Waals surface area (Å²) >= 11 is 0. The molecular formula is C19H17N5O4. The summed E-state index contributed by atoms with van der Waals surface area (Å²) in [4.78, 5) is 39.1. The average molecular weight is 379 g/mol. The van der Waals surface area contributed by atoms with E-state index < -0.39 is 23.9 Å². The van der Waals surface area contributed by atoms with E-state index in [-0.39, 0.29) is 12.5 Å². The molecule has 2 aromatic carbocycles. The van der Waals surface area contributed by atoms with Gasteiger partial charge in [0.05, 0.1) is 12.8 Å². The predicted octanol–water partition coefficient (Wildman–Crippen LogP) is 1.63. The molecule has 0 spiro atoms. The van der Waals surface area contributed by atoms with E-state index in [2.05, 4.69) is 15.7 Å². The summed E-state index contributed by atoms with van der Waals surface area (Å²) in [6.07, 6.45) is 0. The van der Waals surface area contributed by atoms with Crippen molar-refractivity contribution in [3.05, 3.63) is 54.6 Å². The molecule has 1 saturated heterocycles. The van der Waals surface area contributed by atoms with Crippen LogP contribution in [0.25, 0.3) is 0 Å². The minimum Gasteiger partial charge on any atom is -0.495 e. The van der Waals surface area contributed by atoms with Crippen LogP contribution in [-0.2, 0) is 14.4 Å². The van der Waals surface area contributed by atoms with Gasteiger partial charge in [0.1, 0.15) is 12.3 Å². The SMILES string of the molecule is COc1ccccc1N1C(=O)C2N=NN(CC(=O)Nc3ccccc3)C2C1=O. The topological polar surface area (TPSA) is 104 Å². The number of para-hydroxylation sites is 3. The van der Waals surface area contributed by atoms with Gasteiger partial charge in [-0.05, 0) is 24.3 Å². The van der Waals surface area contributed by atoms with E-state index in [4.69, 9.17) is 4.74 Å². The summed E-state index contributed by atoms with van der Waals surface area (Å²) in [7, 11) is 1.46. The summed E-state index contributed by atoms with van der Waals surface area (Å²) in [6.45, 7) is -0.196. The lowest BCUT2D eigenvalue weighted by atomic mass is 10.1. The molecule has 0 aromatic heterocycles. The summed E-state index contributed by atoms with van der Waals surface area (Å²) < 4.78 is 5.26. The molecule has 1 N–H and O–H groups in total. The fourth-order valence-corrected chi connectivity index (χ4v) is 3.27. The van der Waals surface area contributed by atoms with Crippen molar-refractivity contribution < 1.29 is 19.1 Å². The molecule has 1 fully saturated rings. The quantitative estimate of drug-likeness (QED) is 0.795. The van der Waals surface area contributed by atoms with Gasteiger partial charge < -0.3 is 10.1 Å². The van der Waals surface area contributed by atoms with Gasteiger partial charge >= 0.3 is 0 Å². The number of fused-ring (bicyclic) bond motifs is 1. The van der Waals surface area contributed by atoms with E-state index in [1.54, 1.807) is 48.5 Å². The maximum atomic E-state index is 13.0. The van der Waals surface area contributed by atoms with Crippen LogP contribution in [-0.4, -0.2) is 48.5 Å². The third-order valence-corrected chi connectivity index (χ3v) is 4.55. The van der Waals surface area contributed by atoms with Crippen LogP contribution in [0.3, 0.4) is 0 Å². The maximum Gasteiger partial charge on any atom is 0.263 e. The van der Waals surface area contributed by atoms with Crippen molar-refractivity contribution in [2.24, 2.45) is 10.3 Å². The minimum absolute atomic E-state index is 0.196. The average Bonchev–Trinajstić information content (AvgIpc) is 3.22. The number of benzene rings is 2. The Kier molecular flexibility index (Phi) is 4.48. The van der Waals surface area contributed by atoms with Crippen LogP contribution in [0.15, 0.2) is 64.9 Å². The summed E-state index contributed by atoms with van der Waals surface area (Å²) in [5.41, 5.74) is 0.975. The molecule has 28 heavy (non-hydrogen) atoms. The standard InChI is InChI=1S/C19H17N5O4/c1-28-14-10-6-5-9-13(14)24-18(26)16-17(19(24)27)23(22-21-16)11-15(25)20-12-7-3-2-4-8-12/h2-10,16-17H,11H2,1H3,(H,20,25). The molecule has 3 amide bonds. The van der Waals surface area contributed by atoms with Crippen molar-refractivity contribution in [2.45, 2.75) is 12.1 Å². The second kappa shape index (κ2) is 7.10. The first-order chi connectivity index (χ1) is 13.6. The minimum atomic E-state index is -0.970. The van der Waals surface area contributed by atoms with Crippen LogP contribution in [0.5, 0.6) is 5.75 Å². The van der Waals surface area contributed by atoms with Crippen molar-refractivity contribution >= 4 is 29.1 Å². The maximum absolute atomic E-state index is 13.0. The molecule has 142 valence electrons. The van der Waals surface area contributed by atoms with Gasteiger partial charge in [0.25, 0.3) is 11.8 Å². The van der Waals surface area contributed by atoms with E-state index in [9.17, 15) is 14.4 Å². The van der Waals surface area contributed by atoms with E-state index in [1.165, 1.54) is 12.1 Å². The summed E-state index contributed by atoms with van der Waals surface area (Å²) in [5.74, 6) is -0.942. The monoisotopic (exact) mass is 379 g/mol. The molecule has 2 aromatic rings. The van der Waals surface area contributed by atoms with Gasteiger partial charge in [0.15, 0.2) is 12.1 Å². The number of imide groups is 1. The Morgan fingerprint density at radius 2 is 1.79 bits per heavy atom. The number of carbonyl (C=O) groups excluding carboxylic acids is 3. The molecule has 0 saturated carbocycles. The van der Waals surface area contributed by atoms with E-state index in [0.29, 0.717) is 17.1 Å². The third-order valence-electron chi connectivity index (χ3n) is 4.55. The molecule has 2 aliphatic heterocycles. The number of ether oxygens (including phenoxy) is 1. The molecule has 4 rings (SSSR count). The molecule has 0 radical (unpaired) electrons. The van der Waals surface area contributed by atoms with Crippen LogP contribution in [0.2, 0.25) is 0 Å². The predicted molar refractivity (Wildman–Crippen MR) is 99.7 cm³/mol. The number of rotatable bonds is 5. The number of carbonyl (C=O) groups is 3. The van der Waals surface area contributed by atoms with Crippen LogP contribution >= 0.6 is 0 Å². The first-order valence-corrected chi connectivity index (χ1v) is 8.63. The van der Waals surface area contributed by atoms with Crippen molar-refractivity contribution in [1.82, 2.24) is 5.01 Å². The number of hydrogen-bond acceptors (Lipinski definition) is 7. The van der Waals surface area contributed by atoms with Gasteiger partial charge in [-0.2, -0.15) is 5.11 Å². The lowest BCUT2D eigenvalue weighted by Crippen LogP contribution is -2.43. The van der Waals surface area contributed by atoms with Gasteiger partial charge in [-0.1, -0.05) is 35.6 Å². The highest BCUT2D eigenvalue weighted by Crippen LogP contribution is 2.36. The first-order valence-electron chi connectivity index (χ1n) is 8.63. The van der Waals surface area contributed by atoms with Crippen molar-refractivity contribution in [2.75, 3.05) is 23.9 Å². The van der Waals surface area contributed by atoms with Crippen LogP contribution in [0.4, 0.5) is 11.4 Å². The number of nitrogens with one attached hydrogen (secondary N) is 1. The molecule has 0 bridgehead atoms. The Morgan fingerprint density at radius 1 is 1.07 bits per heavy atom. The zero-order valence-corrected chi connectivity index (χ0v) is 15.0. The number of amides is 3. The molecular weight excluding hydrogens is 362 g/mol. The Labute approximate surface area is 160 Å². The fourth-order valence-electron chi connectivity index (χ4n) is 3.27. The van der Waals surface area contributed by atoms with E-state index >= 15 is 0 Å². The van der Waals surface area contributed by atoms with Crippen LogP contribution in [0.1, 0.15) is 0 Å². The van der Waals surface area contributed by atoms with Crippen LogP contribution in [0, 0.1) is 0 Å². The lowest BCUT2D eigenvalue weighted by Gasteiger charge is -2.21. The highest BCUT2D eigenvalue weighted by atomic mass is 16.5. The Bertz CT molecular complexity index is 962. The van der Waals surface area contributed by atoms with Crippen molar-refractivity contribution in [3.63, 3.8) is 0 Å². The van der Waals surface area contributed by atoms with E-state index in [0.717, 1.165) is 4.90 Å². The van der Waals surface area contributed by atoms with E-state index in [1.807, 2.05) is 6.07 Å². The second-order valence-corrected chi connectivity index (χ2v) is 6.29. The third kappa shape index (κ3) is 2.96. The number of nitrogens with zero attached hydrogens (tertiary/aromatic N) is 4. The highest BCUT2D eigenvalue weighted by molar-refractivity contribution is 6.26. The van der Waals surface area contributed by atoms with Gasteiger partial charge in [-0.25, -0.2) is 4.90 Å². The number of methoxy groups -OCH3 is 1. The van der Waals surface area contributed by atoms with Gasteiger partial charge in [0, 0.05) is 5.69 Å². The van der Waals surface area contributed by atoms with Gasteiger partial charge in [-0.3, -0.25) is 19.4 Å². The van der Waals surface area contributed by atoms with Gasteiger partial charge in [-0.15, -0.1) is 0 Å². The van der Waals surface area contributed by atoms with Crippen LogP contribution < -0.4 is 15.0 Å².